The summed E-state index contributed by atoms with van der Waals surface area (Å²) in [7, 11) is 1.60. The lowest BCUT2D eigenvalue weighted by Crippen LogP contribution is -2.42. The molecule has 6 heteroatoms. The summed E-state index contributed by atoms with van der Waals surface area (Å²) in [6.07, 6.45) is 1.52. The van der Waals surface area contributed by atoms with Crippen molar-refractivity contribution in [3.8, 4) is 0 Å². The van der Waals surface area contributed by atoms with Crippen molar-refractivity contribution < 1.29 is 24.2 Å². The van der Waals surface area contributed by atoms with E-state index in [1.165, 1.54) is 0 Å². The predicted molar refractivity (Wildman–Crippen MR) is 62.1 cm³/mol. The maximum atomic E-state index is 12.3. The molecule has 1 saturated carbocycles. The van der Waals surface area contributed by atoms with Gasteiger partial charge in [-0.25, -0.2) is 4.79 Å². The highest BCUT2D eigenvalue weighted by Gasteiger charge is 2.40. The van der Waals surface area contributed by atoms with Gasteiger partial charge in [-0.1, -0.05) is 0 Å². The van der Waals surface area contributed by atoms with E-state index in [1.54, 1.807) is 12.0 Å². The number of carbonyl (C=O) groups is 2. The van der Waals surface area contributed by atoms with Gasteiger partial charge in [-0.2, -0.15) is 0 Å². The third kappa shape index (κ3) is 3.00. The molecule has 18 heavy (non-hydrogen) atoms. The Hall–Kier alpha value is -1.14. The Kier molecular flexibility index (Phi) is 4.19. The van der Waals surface area contributed by atoms with Crippen molar-refractivity contribution in [2.75, 3.05) is 20.3 Å². The van der Waals surface area contributed by atoms with Gasteiger partial charge in [-0.05, 0) is 25.7 Å². The van der Waals surface area contributed by atoms with Crippen LogP contribution in [0.3, 0.4) is 0 Å². The summed E-state index contributed by atoms with van der Waals surface area (Å²) in [5.41, 5.74) is 0. The van der Waals surface area contributed by atoms with E-state index < -0.39 is 18.2 Å². The number of hydrogen-bond acceptors (Lipinski definition) is 4. The number of hydrogen-bond donors (Lipinski definition) is 1. The van der Waals surface area contributed by atoms with Gasteiger partial charge < -0.3 is 19.5 Å². The Morgan fingerprint density at radius 2 is 1.94 bits per heavy atom. The number of carboxylic acids is 1. The van der Waals surface area contributed by atoms with Crippen molar-refractivity contribution in [1.82, 2.24) is 4.90 Å². The lowest BCUT2D eigenvalue weighted by Gasteiger charge is -2.25. The molecule has 6 nitrogen and oxygen atoms in total. The van der Waals surface area contributed by atoms with Crippen LogP contribution in [-0.2, 0) is 19.1 Å². The summed E-state index contributed by atoms with van der Waals surface area (Å²) in [6, 6.07) is 0.292. The molecule has 0 radical (unpaired) electrons. The summed E-state index contributed by atoms with van der Waals surface area (Å²) < 4.78 is 10.3. The highest BCUT2D eigenvalue weighted by molar-refractivity contribution is 5.83. The molecule has 1 heterocycles. The molecule has 0 unspecified atom stereocenters. The van der Waals surface area contributed by atoms with Gasteiger partial charge in [-0.3, -0.25) is 4.79 Å². The van der Waals surface area contributed by atoms with Crippen LogP contribution in [0.2, 0.25) is 0 Å². The van der Waals surface area contributed by atoms with Gasteiger partial charge in [0.15, 0.2) is 6.10 Å². The van der Waals surface area contributed by atoms with E-state index in [9.17, 15) is 9.59 Å². The van der Waals surface area contributed by atoms with Crippen LogP contribution in [-0.4, -0.2) is 60.4 Å². The second-order valence-corrected chi connectivity index (χ2v) is 4.78. The molecule has 2 atom stereocenters. The van der Waals surface area contributed by atoms with E-state index >= 15 is 0 Å². The van der Waals surface area contributed by atoms with E-state index in [-0.39, 0.29) is 5.91 Å². The molecule has 1 saturated heterocycles. The monoisotopic (exact) mass is 257 g/mol. The number of amides is 1. The second kappa shape index (κ2) is 5.67. The van der Waals surface area contributed by atoms with Crippen LogP contribution in [0.25, 0.3) is 0 Å². The van der Waals surface area contributed by atoms with Crippen LogP contribution in [0, 0.1) is 0 Å². The van der Waals surface area contributed by atoms with Gasteiger partial charge >= 0.3 is 5.97 Å². The van der Waals surface area contributed by atoms with Crippen LogP contribution in [0.5, 0.6) is 0 Å². The normalized spacial score (nSPS) is 27.2. The Balaban J connectivity index is 1.90. The fourth-order valence-corrected chi connectivity index (χ4v) is 2.23. The van der Waals surface area contributed by atoms with E-state index in [4.69, 9.17) is 14.6 Å². The topological polar surface area (TPSA) is 76.1 Å². The highest BCUT2D eigenvalue weighted by atomic mass is 16.5. The molecular weight excluding hydrogens is 238 g/mol. The minimum absolute atomic E-state index is 0.0849. The average Bonchev–Trinajstić information content (AvgIpc) is 3.05. The molecule has 1 N–H and O–H groups in total. The van der Waals surface area contributed by atoms with Crippen molar-refractivity contribution in [3.05, 3.63) is 0 Å². The second-order valence-electron chi connectivity index (χ2n) is 4.78. The first-order valence-electron chi connectivity index (χ1n) is 6.31. The maximum absolute atomic E-state index is 12.3. The van der Waals surface area contributed by atoms with E-state index in [0.29, 0.717) is 32.0 Å². The lowest BCUT2D eigenvalue weighted by atomic mass is 10.2. The number of rotatable bonds is 6. The summed E-state index contributed by atoms with van der Waals surface area (Å²) in [4.78, 5) is 24.8. The SMILES string of the molecule is COCCN(C(=O)[C@@H]1CC[C@H](C(=O)O)O1)C1CC1. The third-order valence-electron chi connectivity index (χ3n) is 3.38. The number of aliphatic carboxylic acids is 1. The maximum Gasteiger partial charge on any atom is 0.332 e. The lowest BCUT2D eigenvalue weighted by molar-refractivity contribution is -0.155. The fourth-order valence-electron chi connectivity index (χ4n) is 2.23. The first kappa shape index (κ1) is 13.3. The molecular formula is C12H19NO5. The largest absolute Gasteiger partial charge is 0.479 e. The summed E-state index contributed by atoms with van der Waals surface area (Å²) >= 11 is 0. The molecule has 0 aromatic carbocycles. The van der Waals surface area contributed by atoms with Crippen LogP contribution >= 0.6 is 0 Å². The molecule has 1 aliphatic carbocycles. The zero-order valence-corrected chi connectivity index (χ0v) is 10.5. The summed E-state index contributed by atoms with van der Waals surface area (Å²) in [6.45, 7) is 1.05. The van der Waals surface area contributed by atoms with E-state index in [1.807, 2.05) is 0 Å². The number of carboxylic acid groups (broad SMARTS) is 1. The molecule has 102 valence electrons. The number of ether oxygens (including phenoxy) is 2. The zero-order chi connectivity index (χ0) is 13.1. The Morgan fingerprint density at radius 1 is 1.28 bits per heavy atom. The number of carbonyl (C=O) groups excluding carboxylic acids is 1. The number of methoxy groups -OCH3 is 1. The van der Waals surface area contributed by atoms with Crippen LogP contribution in [0.1, 0.15) is 25.7 Å². The first-order valence-corrected chi connectivity index (χ1v) is 6.31. The smallest absolute Gasteiger partial charge is 0.332 e. The van der Waals surface area contributed by atoms with Crippen molar-refractivity contribution >= 4 is 11.9 Å². The fraction of sp³-hybridized carbons (Fsp3) is 0.833. The van der Waals surface area contributed by atoms with Gasteiger partial charge in [0.1, 0.15) is 6.10 Å². The highest BCUT2D eigenvalue weighted by Crippen LogP contribution is 2.30. The van der Waals surface area contributed by atoms with Crippen LogP contribution in [0.15, 0.2) is 0 Å². The Morgan fingerprint density at radius 3 is 2.44 bits per heavy atom. The third-order valence-corrected chi connectivity index (χ3v) is 3.38. The zero-order valence-electron chi connectivity index (χ0n) is 10.5. The van der Waals surface area contributed by atoms with Crippen molar-refractivity contribution in [2.45, 2.75) is 43.9 Å². The molecule has 0 aromatic heterocycles. The van der Waals surface area contributed by atoms with Gasteiger partial charge in [-0.15, -0.1) is 0 Å². The van der Waals surface area contributed by atoms with Gasteiger partial charge in [0.25, 0.3) is 5.91 Å². The number of nitrogens with zero attached hydrogens (tertiary/aromatic N) is 1. The molecule has 0 spiro atoms. The van der Waals surface area contributed by atoms with Gasteiger partial charge in [0.05, 0.1) is 6.61 Å². The molecule has 2 aliphatic rings. The van der Waals surface area contributed by atoms with E-state index in [2.05, 4.69) is 0 Å². The molecule has 1 amide bonds. The van der Waals surface area contributed by atoms with Crippen LogP contribution < -0.4 is 0 Å². The molecule has 0 aromatic rings. The van der Waals surface area contributed by atoms with Crippen molar-refractivity contribution in [2.24, 2.45) is 0 Å². The predicted octanol–water partition coefficient (Wildman–Crippen LogP) is 0.256. The Labute approximate surface area is 106 Å². The summed E-state index contributed by atoms with van der Waals surface area (Å²) in [5, 5.41) is 8.84. The van der Waals surface area contributed by atoms with Gasteiger partial charge in [0.2, 0.25) is 0 Å². The van der Waals surface area contributed by atoms with E-state index in [0.717, 1.165) is 12.8 Å². The quantitative estimate of drug-likeness (QED) is 0.738. The van der Waals surface area contributed by atoms with Crippen LogP contribution in [0.4, 0.5) is 0 Å². The minimum Gasteiger partial charge on any atom is -0.479 e. The summed E-state index contributed by atoms with van der Waals surface area (Å²) in [5.74, 6) is -1.07. The average molecular weight is 257 g/mol. The molecule has 2 rings (SSSR count). The minimum atomic E-state index is -0.986. The van der Waals surface area contributed by atoms with Crippen molar-refractivity contribution in [3.63, 3.8) is 0 Å². The molecule has 0 bridgehead atoms. The molecule has 2 fully saturated rings. The van der Waals surface area contributed by atoms with Crippen molar-refractivity contribution in [1.29, 1.82) is 0 Å². The van der Waals surface area contributed by atoms with Gasteiger partial charge in [0, 0.05) is 19.7 Å². The Bertz CT molecular complexity index is 328. The molecule has 1 aliphatic heterocycles. The first-order chi connectivity index (χ1) is 8.63. The standard InChI is InChI=1S/C12H19NO5/c1-17-7-6-13(8-2-3-8)11(14)9-4-5-10(18-9)12(15)16/h8-10H,2-7H2,1H3,(H,15,16)/t9-,10+/m0/s1.